The van der Waals surface area contributed by atoms with Crippen LogP contribution in [0, 0.1) is 26.1 Å². The molecule has 8 nitrogen and oxygen atoms in total. The van der Waals surface area contributed by atoms with Gasteiger partial charge in [0, 0.05) is 11.3 Å². The highest BCUT2D eigenvalue weighted by Gasteiger charge is 2.62. The molecule has 1 aliphatic carbocycles. The molecule has 0 unspecified atom stereocenters. The van der Waals surface area contributed by atoms with Gasteiger partial charge in [0.15, 0.2) is 0 Å². The summed E-state index contributed by atoms with van der Waals surface area (Å²) >= 11 is 0. The zero-order valence-electron chi connectivity index (χ0n) is 9.24. The van der Waals surface area contributed by atoms with Crippen molar-refractivity contribution >= 4 is 0 Å². The summed E-state index contributed by atoms with van der Waals surface area (Å²) in [4.78, 5) is 25.4. The average Bonchev–Trinajstić information content (AvgIpc) is 2.66. The number of hydrogen-bond acceptors (Lipinski definition) is 6. The lowest BCUT2D eigenvalue weighted by Crippen LogP contribution is -2.53. The molecule has 96 valence electrons. The molecule has 0 radical (unpaired) electrons. The third-order valence-corrected chi connectivity index (χ3v) is 3.78. The highest BCUT2D eigenvalue weighted by atomic mass is 16.9. The molecule has 0 amide bonds. The highest BCUT2D eigenvalue weighted by Crippen LogP contribution is 2.44. The Labute approximate surface area is 97.1 Å². The molecule has 0 spiro atoms. The number of nitro groups is 1. The number of rotatable bonds is 4. The van der Waals surface area contributed by atoms with Gasteiger partial charge in [-0.05, 0) is 12.8 Å². The SMILES string of the molecule is O=[N+]([O-])OC[C@H]1CO[C@@H]2CCCC[C@]12[N+](=O)[O-]. The van der Waals surface area contributed by atoms with Gasteiger partial charge in [0.2, 0.25) is 0 Å². The lowest BCUT2D eigenvalue weighted by molar-refractivity contribution is -0.761. The van der Waals surface area contributed by atoms with Gasteiger partial charge in [-0.1, -0.05) is 6.42 Å². The Morgan fingerprint density at radius 1 is 1.35 bits per heavy atom. The van der Waals surface area contributed by atoms with Crippen LogP contribution in [0.3, 0.4) is 0 Å². The molecule has 0 N–H and O–H groups in total. The fourth-order valence-corrected chi connectivity index (χ4v) is 2.92. The quantitative estimate of drug-likeness (QED) is 0.536. The number of fused-ring (bicyclic) bond motifs is 1. The molecule has 1 saturated carbocycles. The predicted octanol–water partition coefficient (Wildman–Crippen LogP) is 0.799. The van der Waals surface area contributed by atoms with Gasteiger partial charge in [-0.15, -0.1) is 10.1 Å². The topological polar surface area (TPSA) is 105 Å². The van der Waals surface area contributed by atoms with E-state index in [9.17, 15) is 20.2 Å². The largest absolute Gasteiger partial charge is 0.370 e. The molecule has 2 rings (SSSR count). The normalized spacial score (nSPS) is 36.2. The minimum absolute atomic E-state index is 0.166. The molecule has 2 aliphatic rings. The van der Waals surface area contributed by atoms with Crippen LogP contribution in [-0.4, -0.2) is 34.9 Å². The lowest BCUT2D eigenvalue weighted by Gasteiger charge is -2.33. The first kappa shape index (κ1) is 12.0. The van der Waals surface area contributed by atoms with Crippen molar-refractivity contribution in [1.29, 1.82) is 0 Å². The monoisotopic (exact) mass is 246 g/mol. The fourth-order valence-electron chi connectivity index (χ4n) is 2.92. The fraction of sp³-hybridized carbons (Fsp3) is 1.00. The molecule has 0 aromatic carbocycles. The van der Waals surface area contributed by atoms with E-state index in [0.717, 1.165) is 12.8 Å². The maximum Gasteiger partial charge on any atom is 0.294 e. The van der Waals surface area contributed by atoms with Crippen molar-refractivity contribution < 1.29 is 19.6 Å². The van der Waals surface area contributed by atoms with Gasteiger partial charge >= 0.3 is 0 Å². The summed E-state index contributed by atoms with van der Waals surface area (Å²) in [6.07, 6.45) is 2.30. The first-order chi connectivity index (χ1) is 8.07. The summed E-state index contributed by atoms with van der Waals surface area (Å²) in [6, 6.07) is 0. The Hall–Kier alpha value is -1.44. The minimum Gasteiger partial charge on any atom is -0.370 e. The van der Waals surface area contributed by atoms with Gasteiger partial charge in [-0.2, -0.15) is 0 Å². The van der Waals surface area contributed by atoms with E-state index in [2.05, 4.69) is 4.84 Å². The van der Waals surface area contributed by atoms with Crippen LogP contribution >= 0.6 is 0 Å². The van der Waals surface area contributed by atoms with Gasteiger partial charge in [0.1, 0.15) is 12.7 Å². The summed E-state index contributed by atoms with van der Waals surface area (Å²) in [7, 11) is 0. The Balaban J connectivity index is 2.15. The molecule has 3 atom stereocenters. The second-order valence-corrected chi connectivity index (χ2v) is 4.53. The summed E-state index contributed by atoms with van der Waals surface area (Å²) in [6.45, 7) is -0.0933. The van der Waals surface area contributed by atoms with Crippen molar-refractivity contribution in [3.05, 3.63) is 20.2 Å². The van der Waals surface area contributed by atoms with Gasteiger partial charge < -0.3 is 9.57 Å². The number of nitrogens with zero attached hydrogens (tertiary/aromatic N) is 2. The van der Waals surface area contributed by atoms with Crippen LogP contribution in [-0.2, 0) is 9.57 Å². The van der Waals surface area contributed by atoms with Crippen LogP contribution in [0.5, 0.6) is 0 Å². The van der Waals surface area contributed by atoms with Gasteiger partial charge in [-0.25, -0.2) is 0 Å². The lowest BCUT2D eigenvalue weighted by atomic mass is 9.73. The first-order valence-corrected chi connectivity index (χ1v) is 5.61. The molecule has 8 heteroatoms. The van der Waals surface area contributed by atoms with Crippen LogP contribution in [0.25, 0.3) is 0 Å². The van der Waals surface area contributed by atoms with E-state index in [1.165, 1.54) is 0 Å². The van der Waals surface area contributed by atoms with E-state index < -0.39 is 22.6 Å². The van der Waals surface area contributed by atoms with Crippen LogP contribution < -0.4 is 0 Å². The van der Waals surface area contributed by atoms with Crippen molar-refractivity contribution in [1.82, 2.24) is 0 Å². The Bertz CT molecular complexity index is 335. The van der Waals surface area contributed by atoms with Crippen LogP contribution in [0.4, 0.5) is 0 Å². The molecule has 2 fully saturated rings. The van der Waals surface area contributed by atoms with Crippen LogP contribution in [0.2, 0.25) is 0 Å². The Morgan fingerprint density at radius 2 is 2.12 bits per heavy atom. The van der Waals surface area contributed by atoms with E-state index in [0.29, 0.717) is 12.8 Å². The highest BCUT2D eigenvalue weighted by molar-refractivity contribution is 5.01. The van der Waals surface area contributed by atoms with E-state index in [1.807, 2.05) is 0 Å². The van der Waals surface area contributed by atoms with Gasteiger partial charge in [0.05, 0.1) is 12.5 Å². The molecular weight excluding hydrogens is 232 g/mol. The maximum absolute atomic E-state index is 11.3. The molecule has 0 aromatic heterocycles. The first-order valence-electron chi connectivity index (χ1n) is 5.61. The van der Waals surface area contributed by atoms with Gasteiger partial charge in [0.25, 0.3) is 10.6 Å². The Morgan fingerprint density at radius 3 is 2.76 bits per heavy atom. The van der Waals surface area contributed by atoms with E-state index in [1.54, 1.807) is 0 Å². The third-order valence-electron chi connectivity index (χ3n) is 3.78. The Kier molecular flexibility index (Phi) is 3.14. The van der Waals surface area contributed by atoms with E-state index in [-0.39, 0.29) is 18.1 Å². The molecule has 1 heterocycles. The third kappa shape index (κ3) is 1.92. The van der Waals surface area contributed by atoms with Crippen LogP contribution in [0.15, 0.2) is 0 Å². The zero-order chi connectivity index (χ0) is 12.5. The van der Waals surface area contributed by atoms with E-state index in [4.69, 9.17) is 4.74 Å². The van der Waals surface area contributed by atoms with Crippen molar-refractivity contribution in [2.24, 2.45) is 5.92 Å². The number of ether oxygens (including phenoxy) is 1. The van der Waals surface area contributed by atoms with Crippen molar-refractivity contribution in [3.8, 4) is 0 Å². The van der Waals surface area contributed by atoms with Crippen LogP contribution in [0.1, 0.15) is 25.7 Å². The molecule has 0 bridgehead atoms. The van der Waals surface area contributed by atoms with Gasteiger partial charge in [-0.3, -0.25) is 10.1 Å². The zero-order valence-corrected chi connectivity index (χ0v) is 9.24. The molecule has 1 aliphatic heterocycles. The average molecular weight is 246 g/mol. The second-order valence-electron chi connectivity index (χ2n) is 4.53. The molecule has 0 aromatic rings. The number of hydrogen-bond donors (Lipinski definition) is 0. The summed E-state index contributed by atoms with van der Waals surface area (Å²) in [5, 5.41) is 20.6. The summed E-state index contributed by atoms with van der Waals surface area (Å²) < 4.78 is 5.42. The maximum atomic E-state index is 11.3. The minimum atomic E-state index is -1.19. The van der Waals surface area contributed by atoms with Crippen molar-refractivity contribution in [2.45, 2.75) is 37.3 Å². The summed E-state index contributed by atoms with van der Waals surface area (Å²) in [5.41, 5.74) is -1.19. The summed E-state index contributed by atoms with van der Waals surface area (Å²) in [5.74, 6) is -0.534. The standard InChI is InChI=1S/C9H14N2O6/c12-10(13)9-4-2-1-3-8(9)16-5-7(9)6-17-11(14)15/h7-8H,1-6H2/t7-,8-,9+/m1/s1. The van der Waals surface area contributed by atoms with Crippen molar-refractivity contribution in [3.63, 3.8) is 0 Å². The van der Waals surface area contributed by atoms with E-state index >= 15 is 0 Å². The molecule has 1 saturated heterocycles. The second kappa shape index (κ2) is 4.44. The molecule has 17 heavy (non-hydrogen) atoms. The predicted molar refractivity (Wildman–Crippen MR) is 54.4 cm³/mol. The van der Waals surface area contributed by atoms with Crippen molar-refractivity contribution in [2.75, 3.05) is 13.2 Å². The smallest absolute Gasteiger partial charge is 0.294 e. The molecular formula is C9H14N2O6.